The summed E-state index contributed by atoms with van der Waals surface area (Å²) in [6.45, 7) is 1.45. The van der Waals surface area contributed by atoms with Crippen LogP contribution in [0.2, 0.25) is 0 Å². The number of nitrogens with one attached hydrogen (secondary N) is 1. The number of carbonyl (C=O) groups is 3. The highest BCUT2D eigenvalue weighted by atomic mass is 16.4. The predicted molar refractivity (Wildman–Crippen MR) is 144 cm³/mol. The van der Waals surface area contributed by atoms with Crippen molar-refractivity contribution in [3.05, 3.63) is 101 Å². The van der Waals surface area contributed by atoms with E-state index < -0.39 is 5.97 Å². The number of rotatable bonds is 6. The number of carboxylic acids is 1. The van der Waals surface area contributed by atoms with Crippen LogP contribution in [0.5, 0.6) is 0 Å². The molecule has 6 rings (SSSR count). The lowest BCUT2D eigenvalue weighted by Gasteiger charge is -2.46. The second-order valence-corrected chi connectivity index (χ2v) is 9.81. The molecule has 0 saturated carbocycles. The molecule has 1 aromatic heterocycles. The Morgan fingerprint density at radius 3 is 2.53 bits per heavy atom. The van der Waals surface area contributed by atoms with Gasteiger partial charge in [-0.05, 0) is 47.9 Å². The second kappa shape index (κ2) is 9.37. The summed E-state index contributed by atoms with van der Waals surface area (Å²) >= 11 is 0. The number of anilines is 1. The Hall–Kier alpha value is -4.59. The standard InChI is InChI=1S/C30H28N4O4/c1-32-24-8-4-3-7-23(24)29(36)34-16-14-22-21-6-2-5-9-25(21)33(27(22)28(32)34)17-15-26(35)31-18-19-10-12-20(13-11-19)30(37)38/h2-13,28H,14-18H2,1H3,(H,31,35)(H,37,38). The molecule has 0 aliphatic carbocycles. The van der Waals surface area contributed by atoms with E-state index in [1.165, 1.54) is 23.1 Å². The van der Waals surface area contributed by atoms with Gasteiger partial charge in [-0.3, -0.25) is 9.59 Å². The number of aromatic carboxylic acids is 1. The molecule has 0 spiro atoms. The highest BCUT2D eigenvalue weighted by molar-refractivity contribution is 6.02. The van der Waals surface area contributed by atoms with Gasteiger partial charge in [0.2, 0.25) is 5.91 Å². The number of fused-ring (bicyclic) bond motifs is 6. The fourth-order valence-corrected chi connectivity index (χ4v) is 5.82. The second-order valence-electron chi connectivity index (χ2n) is 9.81. The first-order valence-electron chi connectivity index (χ1n) is 12.8. The summed E-state index contributed by atoms with van der Waals surface area (Å²) in [5, 5.41) is 13.2. The van der Waals surface area contributed by atoms with Crippen molar-refractivity contribution < 1.29 is 19.5 Å². The average Bonchev–Trinajstić information content (AvgIpc) is 3.27. The first-order chi connectivity index (χ1) is 18.4. The van der Waals surface area contributed by atoms with Gasteiger partial charge in [0.15, 0.2) is 0 Å². The molecule has 2 aliphatic rings. The largest absolute Gasteiger partial charge is 0.478 e. The van der Waals surface area contributed by atoms with Gasteiger partial charge in [0.25, 0.3) is 5.91 Å². The van der Waals surface area contributed by atoms with E-state index in [9.17, 15) is 14.4 Å². The number of nitrogens with zero attached hydrogens (tertiary/aromatic N) is 3. The molecule has 4 aromatic rings. The van der Waals surface area contributed by atoms with Crippen LogP contribution < -0.4 is 10.2 Å². The van der Waals surface area contributed by atoms with Gasteiger partial charge in [0.1, 0.15) is 6.17 Å². The van der Waals surface area contributed by atoms with Crippen LogP contribution in [0.25, 0.3) is 10.9 Å². The zero-order valence-electron chi connectivity index (χ0n) is 21.1. The minimum absolute atomic E-state index is 0.0396. The van der Waals surface area contributed by atoms with Crippen LogP contribution in [-0.4, -0.2) is 45.9 Å². The Morgan fingerprint density at radius 1 is 1.00 bits per heavy atom. The number of hydrogen-bond donors (Lipinski definition) is 2. The van der Waals surface area contributed by atoms with Crippen molar-refractivity contribution in [3.63, 3.8) is 0 Å². The van der Waals surface area contributed by atoms with E-state index in [1.807, 2.05) is 48.3 Å². The SMILES string of the molecule is CN1c2ccccc2C(=O)N2CCc3c(n(CCC(=O)NCc4ccc(C(=O)O)cc4)c4ccccc34)C21. The maximum Gasteiger partial charge on any atom is 0.335 e. The van der Waals surface area contributed by atoms with Gasteiger partial charge < -0.3 is 24.8 Å². The van der Waals surface area contributed by atoms with E-state index in [0.717, 1.165) is 28.9 Å². The van der Waals surface area contributed by atoms with Gasteiger partial charge in [-0.1, -0.05) is 42.5 Å². The van der Waals surface area contributed by atoms with Crippen LogP contribution >= 0.6 is 0 Å². The van der Waals surface area contributed by atoms with Gasteiger partial charge in [-0.15, -0.1) is 0 Å². The fraction of sp³-hybridized carbons (Fsp3) is 0.233. The third kappa shape index (κ3) is 3.89. The molecule has 2 aliphatic heterocycles. The first kappa shape index (κ1) is 23.8. The Morgan fingerprint density at radius 2 is 1.74 bits per heavy atom. The topological polar surface area (TPSA) is 94.9 Å². The van der Waals surface area contributed by atoms with Crippen LogP contribution in [-0.2, 0) is 24.3 Å². The summed E-state index contributed by atoms with van der Waals surface area (Å²) in [6, 6.07) is 22.5. The number of para-hydroxylation sites is 2. The van der Waals surface area contributed by atoms with Gasteiger partial charge in [0, 0.05) is 44.0 Å². The van der Waals surface area contributed by atoms with E-state index in [-0.39, 0.29) is 30.0 Å². The maximum absolute atomic E-state index is 13.5. The van der Waals surface area contributed by atoms with E-state index in [2.05, 4.69) is 26.9 Å². The van der Waals surface area contributed by atoms with Crippen molar-refractivity contribution >= 4 is 34.4 Å². The number of aryl methyl sites for hydroxylation is 1. The van der Waals surface area contributed by atoms with Crippen LogP contribution in [0.3, 0.4) is 0 Å². The van der Waals surface area contributed by atoms with Crippen molar-refractivity contribution in [2.24, 2.45) is 0 Å². The number of benzene rings is 3. The lowest BCUT2D eigenvalue weighted by atomic mass is 9.96. The molecule has 8 nitrogen and oxygen atoms in total. The van der Waals surface area contributed by atoms with Gasteiger partial charge >= 0.3 is 5.97 Å². The number of amides is 2. The summed E-state index contributed by atoms with van der Waals surface area (Å²) in [7, 11) is 2.03. The molecule has 0 fully saturated rings. The van der Waals surface area contributed by atoms with E-state index in [1.54, 1.807) is 12.1 Å². The molecule has 0 bridgehead atoms. The fourth-order valence-electron chi connectivity index (χ4n) is 5.82. The van der Waals surface area contributed by atoms with Crippen molar-refractivity contribution in [3.8, 4) is 0 Å². The number of hydrogen-bond acceptors (Lipinski definition) is 4. The normalized spacial score (nSPS) is 16.1. The molecule has 8 heteroatoms. The molecule has 38 heavy (non-hydrogen) atoms. The van der Waals surface area contributed by atoms with Gasteiger partial charge in [-0.2, -0.15) is 0 Å². The van der Waals surface area contributed by atoms with Crippen molar-refractivity contribution in [1.82, 2.24) is 14.8 Å². The third-order valence-electron chi connectivity index (χ3n) is 7.66. The molecule has 192 valence electrons. The molecule has 1 unspecified atom stereocenters. The monoisotopic (exact) mass is 508 g/mol. The Balaban J connectivity index is 1.28. The Labute approximate surface area is 220 Å². The Bertz CT molecular complexity index is 1570. The molecule has 0 radical (unpaired) electrons. The van der Waals surface area contributed by atoms with Crippen LogP contribution in [0.15, 0.2) is 72.8 Å². The number of aromatic nitrogens is 1. The molecule has 1 atom stereocenters. The van der Waals surface area contributed by atoms with Crippen LogP contribution in [0, 0.1) is 0 Å². The van der Waals surface area contributed by atoms with Gasteiger partial charge in [-0.25, -0.2) is 4.79 Å². The maximum atomic E-state index is 13.5. The molecule has 2 N–H and O–H groups in total. The third-order valence-corrected chi connectivity index (χ3v) is 7.66. The molecule has 3 aromatic carbocycles. The van der Waals surface area contributed by atoms with Crippen LogP contribution in [0.1, 0.15) is 50.1 Å². The smallest absolute Gasteiger partial charge is 0.335 e. The lowest BCUT2D eigenvalue weighted by molar-refractivity contribution is -0.121. The van der Waals surface area contributed by atoms with Crippen LogP contribution in [0.4, 0.5) is 5.69 Å². The minimum atomic E-state index is -0.977. The summed E-state index contributed by atoms with van der Waals surface area (Å²) < 4.78 is 2.21. The highest BCUT2D eigenvalue weighted by Crippen LogP contribution is 2.44. The molecular weight excluding hydrogens is 480 g/mol. The molecular formula is C30H28N4O4. The highest BCUT2D eigenvalue weighted by Gasteiger charge is 2.42. The predicted octanol–water partition coefficient (Wildman–Crippen LogP) is 4.19. The average molecular weight is 509 g/mol. The number of carbonyl (C=O) groups excluding carboxylic acids is 2. The summed E-state index contributed by atoms with van der Waals surface area (Å²) in [6.07, 6.45) is 0.795. The van der Waals surface area contributed by atoms with E-state index in [0.29, 0.717) is 25.2 Å². The zero-order valence-corrected chi connectivity index (χ0v) is 21.1. The van der Waals surface area contributed by atoms with Gasteiger partial charge in [0.05, 0.1) is 22.5 Å². The number of carboxylic acid groups (broad SMARTS) is 1. The van der Waals surface area contributed by atoms with Crippen molar-refractivity contribution in [2.75, 3.05) is 18.5 Å². The first-order valence-corrected chi connectivity index (χ1v) is 12.8. The molecule has 2 amide bonds. The quantitative estimate of drug-likeness (QED) is 0.407. The van der Waals surface area contributed by atoms with E-state index in [4.69, 9.17) is 5.11 Å². The lowest BCUT2D eigenvalue weighted by Crippen LogP contribution is -2.51. The van der Waals surface area contributed by atoms with Crippen molar-refractivity contribution in [2.45, 2.75) is 32.1 Å². The zero-order chi connectivity index (χ0) is 26.4. The summed E-state index contributed by atoms with van der Waals surface area (Å²) in [5.74, 6) is -1.03. The summed E-state index contributed by atoms with van der Waals surface area (Å²) in [5.41, 5.74) is 6.05. The minimum Gasteiger partial charge on any atom is -0.478 e. The molecule has 3 heterocycles. The Kier molecular flexibility index (Phi) is 5.87. The van der Waals surface area contributed by atoms with Crippen molar-refractivity contribution in [1.29, 1.82) is 0 Å². The van der Waals surface area contributed by atoms with E-state index >= 15 is 0 Å². The summed E-state index contributed by atoms with van der Waals surface area (Å²) in [4.78, 5) is 41.5. The molecule has 0 saturated heterocycles.